The van der Waals surface area contributed by atoms with Crippen LogP contribution in [0.3, 0.4) is 0 Å². The predicted molar refractivity (Wildman–Crippen MR) is 206 cm³/mol. The molecule has 15 heteroatoms. The number of anilines is 1. The van der Waals surface area contributed by atoms with E-state index in [1.54, 1.807) is 13.0 Å². The Bertz CT molecular complexity index is 1990. The van der Waals surface area contributed by atoms with E-state index >= 15 is 0 Å². The van der Waals surface area contributed by atoms with Crippen LogP contribution in [0.1, 0.15) is 70.4 Å². The van der Waals surface area contributed by atoms with Crippen molar-refractivity contribution in [3.63, 3.8) is 0 Å². The van der Waals surface area contributed by atoms with E-state index < -0.39 is 81.3 Å². The molecular weight excluding hydrogens is 724 g/mol. The number of Topliss-reactive ketones (excluding diaryl/α,β-unsaturated/α-hetero) is 3. The SMILES string of the molecule is CCCCOc1cc(N2CCOCC2)c(OCCCC)cc1N=Nc1ccc(O)c2c1C(C)[C@@H]1C(=C2O)C(=O)[C@]2(O)C(O)=C(C(C)=O)C(=O)[C@@H](N(C)C)[C@@H]2[C@H]1O. The highest BCUT2D eigenvalue weighted by Crippen LogP contribution is 2.58. The zero-order chi connectivity index (χ0) is 40.6. The van der Waals surface area contributed by atoms with Crippen molar-refractivity contribution < 1.29 is 54.1 Å². The number of aromatic hydroxyl groups is 1. The largest absolute Gasteiger partial charge is 0.508 e. The standard InChI is InChI=1S/C41H52N4O11/c1-7-9-15-55-27-20-25(45-13-17-54-18-14-45)28(56-16-10-8-2)19-24(27)43-42-23-11-12-26(47)32-29(23)21(3)30-33(36(32)48)40(52)41(53)34(37(30)49)35(44(5)6)38(50)31(22(4)46)39(41)51/h11-12,19-21,30,34-35,37,47-49,51,53H,7-10,13-18H2,1-6H3/t21?,30-,34-,35+,37+,41-/m1/s1. The van der Waals surface area contributed by atoms with Gasteiger partial charge in [0.2, 0.25) is 5.78 Å². The molecule has 0 radical (unpaired) electrons. The summed E-state index contributed by atoms with van der Waals surface area (Å²) in [4.78, 5) is 44.2. The van der Waals surface area contributed by atoms with Gasteiger partial charge >= 0.3 is 0 Å². The van der Waals surface area contributed by atoms with Gasteiger partial charge in [-0.3, -0.25) is 19.3 Å². The fraction of sp³-hybridized carbons (Fsp3) is 0.537. The molecule has 0 aromatic heterocycles. The van der Waals surface area contributed by atoms with Crippen LogP contribution in [-0.2, 0) is 19.1 Å². The number of phenols is 1. The predicted octanol–water partition coefficient (Wildman–Crippen LogP) is 5.21. The van der Waals surface area contributed by atoms with Gasteiger partial charge in [-0.1, -0.05) is 33.6 Å². The Morgan fingerprint density at radius 1 is 0.982 bits per heavy atom. The first-order chi connectivity index (χ1) is 26.7. The van der Waals surface area contributed by atoms with Crippen LogP contribution in [0.15, 0.2) is 51.4 Å². The minimum atomic E-state index is -2.94. The monoisotopic (exact) mass is 776 g/mol. The molecule has 1 heterocycles. The van der Waals surface area contributed by atoms with Gasteiger partial charge in [0.15, 0.2) is 17.2 Å². The normalized spacial score (nSPS) is 26.4. The molecular formula is C41H52N4O11. The average Bonchev–Trinajstić information content (AvgIpc) is 3.16. The molecule has 2 aromatic rings. The number of phenolic OH excluding ortho intramolecular Hbond substituents is 1. The molecule has 1 aliphatic heterocycles. The number of hydrogen-bond donors (Lipinski definition) is 5. The average molecular weight is 777 g/mol. The lowest BCUT2D eigenvalue weighted by Crippen LogP contribution is -2.70. The number of carbonyl (C=O) groups is 3. The summed E-state index contributed by atoms with van der Waals surface area (Å²) in [5.41, 5.74) is -2.66. The summed E-state index contributed by atoms with van der Waals surface area (Å²) in [6.07, 6.45) is 1.78. The quantitative estimate of drug-likeness (QED) is 0.101. The number of hydrogen-bond acceptors (Lipinski definition) is 15. The molecule has 4 aliphatic rings. The molecule has 56 heavy (non-hydrogen) atoms. The van der Waals surface area contributed by atoms with Crippen LogP contribution in [0.5, 0.6) is 17.2 Å². The first-order valence-corrected chi connectivity index (χ1v) is 19.3. The first kappa shape index (κ1) is 40.8. The smallest absolute Gasteiger partial charge is 0.202 e. The number of aliphatic hydroxyl groups is 4. The summed E-state index contributed by atoms with van der Waals surface area (Å²) in [5, 5.41) is 67.6. The lowest BCUT2D eigenvalue weighted by molar-refractivity contribution is -0.169. The Balaban J connectivity index is 1.49. The molecule has 0 bridgehead atoms. The van der Waals surface area contributed by atoms with Crippen LogP contribution in [0.2, 0.25) is 0 Å². The Morgan fingerprint density at radius 3 is 2.21 bits per heavy atom. The number of aliphatic hydroxyl groups excluding tert-OH is 3. The molecule has 2 fully saturated rings. The van der Waals surface area contributed by atoms with Crippen LogP contribution in [0.25, 0.3) is 5.76 Å². The van der Waals surface area contributed by atoms with Gasteiger partial charge in [0.1, 0.15) is 40.0 Å². The molecule has 0 amide bonds. The summed E-state index contributed by atoms with van der Waals surface area (Å²) >= 11 is 0. The number of azo groups is 1. The minimum Gasteiger partial charge on any atom is -0.508 e. The number of ether oxygens (including phenoxy) is 3. The molecule has 2 aromatic carbocycles. The summed E-state index contributed by atoms with van der Waals surface area (Å²) in [6, 6.07) is 5.06. The van der Waals surface area contributed by atoms with Crippen molar-refractivity contribution in [1.82, 2.24) is 4.90 Å². The van der Waals surface area contributed by atoms with E-state index in [0.717, 1.165) is 38.3 Å². The Kier molecular flexibility index (Phi) is 11.9. The number of unbranched alkanes of at least 4 members (excludes halogenated alkanes) is 2. The highest BCUT2D eigenvalue weighted by molar-refractivity contribution is 6.25. The fourth-order valence-corrected chi connectivity index (χ4v) is 8.52. The summed E-state index contributed by atoms with van der Waals surface area (Å²) in [5.74, 6) is -7.93. The number of rotatable bonds is 13. The van der Waals surface area contributed by atoms with Crippen molar-refractivity contribution in [3.05, 3.63) is 52.3 Å². The van der Waals surface area contributed by atoms with Gasteiger partial charge in [0, 0.05) is 36.7 Å². The Hall–Kier alpha value is -4.83. The summed E-state index contributed by atoms with van der Waals surface area (Å²) in [6.45, 7) is 10.2. The van der Waals surface area contributed by atoms with Crippen molar-refractivity contribution >= 4 is 40.2 Å². The van der Waals surface area contributed by atoms with Crippen molar-refractivity contribution in [2.45, 2.75) is 77.0 Å². The topological polar surface area (TPSA) is 211 Å². The van der Waals surface area contributed by atoms with E-state index in [1.165, 1.54) is 31.1 Å². The van der Waals surface area contributed by atoms with Gasteiger partial charge in [-0.15, -0.1) is 5.11 Å². The molecule has 15 nitrogen and oxygen atoms in total. The number of carbonyl (C=O) groups excluding carboxylic acids is 3. The maximum absolute atomic E-state index is 14.4. The molecule has 0 spiro atoms. The van der Waals surface area contributed by atoms with Gasteiger partial charge in [-0.2, -0.15) is 5.11 Å². The van der Waals surface area contributed by atoms with Crippen LogP contribution < -0.4 is 14.4 Å². The first-order valence-electron chi connectivity index (χ1n) is 19.3. The number of ketones is 3. The lowest BCUT2D eigenvalue weighted by Gasteiger charge is -2.53. The third-order valence-electron chi connectivity index (χ3n) is 11.4. The molecule has 1 unspecified atom stereocenters. The van der Waals surface area contributed by atoms with Gasteiger partial charge < -0.3 is 44.6 Å². The lowest BCUT2D eigenvalue weighted by atomic mass is 9.54. The van der Waals surface area contributed by atoms with E-state index in [1.807, 2.05) is 6.07 Å². The van der Waals surface area contributed by atoms with Gasteiger partial charge in [0.05, 0.1) is 61.4 Å². The Labute approximate surface area is 325 Å². The van der Waals surface area contributed by atoms with E-state index in [4.69, 9.17) is 14.2 Å². The highest BCUT2D eigenvalue weighted by atomic mass is 16.5. The summed E-state index contributed by atoms with van der Waals surface area (Å²) in [7, 11) is 2.99. The molecule has 6 atom stereocenters. The maximum Gasteiger partial charge on any atom is 0.202 e. The number of likely N-dealkylation sites (N-methyl/N-ethyl adjacent to an activating group) is 1. The third-order valence-corrected chi connectivity index (χ3v) is 11.4. The van der Waals surface area contributed by atoms with Crippen molar-refractivity contribution in [2.75, 3.05) is 58.5 Å². The van der Waals surface area contributed by atoms with E-state index in [2.05, 4.69) is 29.0 Å². The van der Waals surface area contributed by atoms with Crippen LogP contribution >= 0.6 is 0 Å². The zero-order valence-corrected chi connectivity index (χ0v) is 32.7. The van der Waals surface area contributed by atoms with E-state index in [9.17, 15) is 39.9 Å². The molecule has 5 N–H and O–H groups in total. The number of morpholine rings is 1. The van der Waals surface area contributed by atoms with E-state index in [0.29, 0.717) is 56.7 Å². The van der Waals surface area contributed by atoms with Gasteiger partial charge in [-0.25, -0.2) is 0 Å². The van der Waals surface area contributed by atoms with Crippen molar-refractivity contribution in [2.24, 2.45) is 22.1 Å². The fourth-order valence-electron chi connectivity index (χ4n) is 8.52. The van der Waals surface area contributed by atoms with Gasteiger partial charge in [0.25, 0.3) is 0 Å². The number of nitrogens with zero attached hydrogens (tertiary/aromatic N) is 4. The van der Waals surface area contributed by atoms with Crippen molar-refractivity contribution in [3.8, 4) is 17.2 Å². The second-order valence-electron chi connectivity index (χ2n) is 15.1. The maximum atomic E-state index is 14.4. The third kappa shape index (κ3) is 6.84. The van der Waals surface area contributed by atoms with Crippen LogP contribution in [0, 0.1) is 11.8 Å². The second-order valence-corrected chi connectivity index (χ2v) is 15.1. The molecule has 3 aliphatic carbocycles. The molecule has 302 valence electrons. The number of fused-ring (bicyclic) bond motifs is 3. The molecule has 6 rings (SSSR count). The molecule has 1 saturated carbocycles. The van der Waals surface area contributed by atoms with Crippen LogP contribution in [-0.4, -0.2) is 119 Å². The van der Waals surface area contributed by atoms with Gasteiger partial charge in [-0.05, 0) is 57.5 Å². The Morgan fingerprint density at radius 2 is 1.61 bits per heavy atom. The minimum absolute atomic E-state index is 0.167. The second kappa shape index (κ2) is 16.3. The number of benzene rings is 2. The van der Waals surface area contributed by atoms with Crippen LogP contribution in [0.4, 0.5) is 17.1 Å². The van der Waals surface area contributed by atoms with E-state index in [-0.39, 0.29) is 16.8 Å². The molecule has 1 saturated heterocycles. The van der Waals surface area contributed by atoms with Crippen molar-refractivity contribution in [1.29, 1.82) is 0 Å². The zero-order valence-electron chi connectivity index (χ0n) is 32.7. The summed E-state index contributed by atoms with van der Waals surface area (Å²) < 4.78 is 18.1. The highest BCUT2D eigenvalue weighted by Gasteiger charge is 2.68.